The van der Waals surface area contributed by atoms with Crippen LogP contribution in [0.3, 0.4) is 0 Å². The molecule has 0 spiro atoms. The molecule has 0 saturated heterocycles. The van der Waals surface area contributed by atoms with Crippen molar-refractivity contribution in [1.29, 1.82) is 0 Å². The summed E-state index contributed by atoms with van der Waals surface area (Å²) < 4.78 is 0. The number of aryl methyl sites for hydroxylation is 1. The summed E-state index contributed by atoms with van der Waals surface area (Å²) in [6.07, 6.45) is 1.91. The second kappa shape index (κ2) is 5.47. The molecule has 102 valence electrons. The van der Waals surface area contributed by atoms with Crippen LogP contribution >= 0.6 is 23.2 Å². The van der Waals surface area contributed by atoms with Gasteiger partial charge < -0.3 is 5.32 Å². The molecule has 4 heteroatoms. The third-order valence-corrected chi connectivity index (χ3v) is 4.18. The van der Waals surface area contributed by atoms with Crippen LogP contribution in [0.15, 0.2) is 42.5 Å². The first-order valence-corrected chi connectivity index (χ1v) is 7.24. The zero-order valence-corrected chi connectivity index (χ0v) is 12.2. The third kappa shape index (κ3) is 2.54. The van der Waals surface area contributed by atoms with Crippen molar-refractivity contribution in [3.63, 3.8) is 0 Å². The van der Waals surface area contributed by atoms with Gasteiger partial charge in [-0.05, 0) is 42.2 Å². The molecule has 3 rings (SSSR count). The summed E-state index contributed by atoms with van der Waals surface area (Å²) in [5.41, 5.74) is 2.91. The minimum absolute atomic E-state index is 0.0498. The van der Waals surface area contributed by atoms with E-state index in [0.29, 0.717) is 15.6 Å². The highest BCUT2D eigenvalue weighted by molar-refractivity contribution is 6.35. The largest absolute Gasteiger partial charge is 0.345 e. The molecule has 0 unspecified atom stereocenters. The summed E-state index contributed by atoms with van der Waals surface area (Å²) in [4.78, 5) is 12.3. The lowest BCUT2D eigenvalue weighted by molar-refractivity contribution is 0.0937. The minimum atomic E-state index is -0.181. The zero-order valence-electron chi connectivity index (χ0n) is 10.7. The fraction of sp³-hybridized carbons (Fsp3) is 0.188. The van der Waals surface area contributed by atoms with Gasteiger partial charge in [0, 0.05) is 5.02 Å². The van der Waals surface area contributed by atoms with Gasteiger partial charge in [0.05, 0.1) is 16.6 Å². The fourth-order valence-electron chi connectivity index (χ4n) is 2.61. The van der Waals surface area contributed by atoms with E-state index in [0.717, 1.165) is 12.8 Å². The molecule has 1 aliphatic carbocycles. The van der Waals surface area contributed by atoms with Crippen LogP contribution in [-0.2, 0) is 6.42 Å². The van der Waals surface area contributed by atoms with Gasteiger partial charge in [0.15, 0.2) is 0 Å². The van der Waals surface area contributed by atoms with Crippen LogP contribution in [0.2, 0.25) is 10.0 Å². The molecule has 1 N–H and O–H groups in total. The van der Waals surface area contributed by atoms with Gasteiger partial charge in [0.2, 0.25) is 0 Å². The number of rotatable bonds is 2. The number of carbonyl (C=O) groups is 1. The van der Waals surface area contributed by atoms with E-state index in [1.165, 1.54) is 11.1 Å². The normalized spacial score (nSPS) is 16.8. The van der Waals surface area contributed by atoms with Crippen molar-refractivity contribution >= 4 is 29.1 Å². The van der Waals surface area contributed by atoms with E-state index in [9.17, 15) is 4.79 Å². The Kier molecular flexibility index (Phi) is 3.68. The van der Waals surface area contributed by atoms with Gasteiger partial charge in [0.25, 0.3) is 5.91 Å². The molecule has 0 saturated carbocycles. The van der Waals surface area contributed by atoms with Crippen molar-refractivity contribution in [2.24, 2.45) is 0 Å². The van der Waals surface area contributed by atoms with Gasteiger partial charge in [-0.15, -0.1) is 0 Å². The molecule has 0 aromatic heterocycles. The van der Waals surface area contributed by atoms with E-state index in [1.807, 2.05) is 12.1 Å². The Morgan fingerprint density at radius 2 is 1.95 bits per heavy atom. The second-order valence-corrected chi connectivity index (χ2v) is 5.73. The third-order valence-electron chi connectivity index (χ3n) is 3.61. The molecule has 0 aliphatic heterocycles. The molecule has 2 aromatic carbocycles. The van der Waals surface area contributed by atoms with Crippen molar-refractivity contribution in [2.75, 3.05) is 0 Å². The lowest BCUT2D eigenvalue weighted by atomic mass is 10.1. The predicted molar refractivity (Wildman–Crippen MR) is 81.4 cm³/mol. The Hall–Kier alpha value is -1.51. The summed E-state index contributed by atoms with van der Waals surface area (Å²) in [6.45, 7) is 0. The van der Waals surface area contributed by atoms with Crippen LogP contribution in [-0.4, -0.2) is 5.91 Å². The van der Waals surface area contributed by atoms with Crippen LogP contribution in [0.4, 0.5) is 0 Å². The summed E-state index contributed by atoms with van der Waals surface area (Å²) >= 11 is 12.0. The van der Waals surface area contributed by atoms with E-state index in [4.69, 9.17) is 23.2 Å². The smallest absolute Gasteiger partial charge is 0.253 e. The summed E-state index contributed by atoms with van der Waals surface area (Å²) in [6, 6.07) is 13.1. The number of benzene rings is 2. The lowest BCUT2D eigenvalue weighted by Gasteiger charge is -2.15. The molecule has 2 aromatic rings. The highest BCUT2D eigenvalue weighted by Crippen LogP contribution is 2.31. The van der Waals surface area contributed by atoms with Crippen molar-refractivity contribution in [3.05, 3.63) is 69.2 Å². The van der Waals surface area contributed by atoms with Gasteiger partial charge in [0.1, 0.15) is 0 Å². The highest BCUT2D eigenvalue weighted by atomic mass is 35.5. The topological polar surface area (TPSA) is 29.1 Å². The van der Waals surface area contributed by atoms with Crippen LogP contribution in [0, 0.1) is 0 Å². The number of amides is 1. The fourth-order valence-corrected chi connectivity index (χ4v) is 2.99. The highest BCUT2D eigenvalue weighted by Gasteiger charge is 2.24. The molecule has 0 radical (unpaired) electrons. The van der Waals surface area contributed by atoms with Crippen LogP contribution < -0.4 is 5.32 Å². The second-order valence-electron chi connectivity index (χ2n) is 4.89. The van der Waals surface area contributed by atoms with Gasteiger partial charge in [-0.3, -0.25) is 4.79 Å². The molecule has 0 fully saturated rings. The maximum Gasteiger partial charge on any atom is 0.253 e. The van der Waals surface area contributed by atoms with Crippen LogP contribution in [0.5, 0.6) is 0 Å². The summed E-state index contributed by atoms with van der Waals surface area (Å²) in [7, 11) is 0. The van der Waals surface area contributed by atoms with Gasteiger partial charge in [-0.1, -0.05) is 47.5 Å². The van der Waals surface area contributed by atoms with E-state index >= 15 is 0 Å². The molecule has 1 aliphatic rings. The molecule has 1 atom stereocenters. The van der Waals surface area contributed by atoms with E-state index in [-0.39, 0.29) is 11.9 Å². The van der Waals surface area contributed by atoms with Crippen LogP contribution in [0.25, 0.3) is 0 Å². The Labute approximate surface area is 127 Å². The maximum absolute atomic E-state index is 12.3. The number of nitrogens with one attached hydrogen (secondary N) is 1. The number of hydrogen-bond donors (Lipinski definition) is 1. The number of fused-ring (bicyclic) bond motifs is 1. The zero-order chi connectivity index (χ0) is 14.1. The van der Waals surface area contributed by atoms with Crippen molar-refractivity contribution in [2.45, 2.75) is 18.9 Å². The Bertz CT molecular complexity index is 669. The van der Waals surface area contributed by atoms with Crippen LogP contribution in [0.1, 0.15) is 33.9 Å². The first-order valence-electron chi connectivity index (χ1n) is 6.49. The number of halogens is 2. The molecule has 20 heavy (non-hydrogen) atoms. The molecule has 0 bridgehead atoms. The van der Waals surface area contributed by atoms with E-state index in [2.05, 4.69) is 17.4 Å². The number of carbonyl (C=O) groups excluding carboxylic acids is 1. The molecular weight excluding hydrogens is 293 g/mol. The first kappa shape index (κ1) is 13.5. The monoisotopic (exact) mass is 305 g/mol. The predicted octanol–water partition coefficient (Wildman–Crippen LogP) is 4.41. The van der Waals surface area contributed by atoms with Gasteiger partial charge in [-0.25, -0.2) is 0 Å². The Morgan fingerprint density at radius 3 is 2.80 bits per heavy atom. The van der Waals surface area contributed by atoms with Crippen molar-refractivity contribution in [1.82, 2.24) is 5.32 Å². The summed E-state index contributed by atoms with van der Waals surface area (Å²) in [5.74, 6) is -0.181. The Morgan fingerprint density at radius 1 is 1.15 bits per heavy atom. The molecule has 2 nitrogen and oxygen atoms in total. The SMILES string of the molecule is O=C(N[C@H]1CCc2ccccc21)c1cc(Cl)ccc1Cl. The van der Waals surface area contributed by atoms with E-state index in [1.54, 1.807) is 18.2 Å². The quantitative estimate of drug-likeness (QED) is 0.875. The first-order chi connectivity index (χ1) is 9.65. The standard InChI is InChI=1S/C16H13Cl2NO/c17-11-6-7-14(18)13(9-11)16(20)19-15-8-5-10-3-1-2-4-12(10)15/h1-4,6-7,9,15H,5,8H2,(H,19,20)/t15-/m0/s1. The lowest BCUT2D eigenvalue weighted by Crippen LogP contribution is -2.27. The van der Waals surface area contributed by atoms with E-state index < -0.39 is 0 Å². The van der Waals surface area contributed by atoms with Gasteiger partial charge in [-0.2, -0.15) is 0 Å². The molecule has 1 amide bonds. The number of hydrogen-bond acceptors (Lipinski definition) is 1. The molecule has 0 heterocycles. The van der Waals surface area contributed by atoms with Gasteiger partial charge >= 0.3 is 0 Å². The minimum Gasteiger partial charge on any atom is -0.345 e. The van der Waals surface area contributed by atoms with Crippen molar-refractivity contribution < 1.29 is 4.79 Å². The average molecular weight is 306 g/mol. The maximum atomic E-state index is 12.3. The van der Waals surface area contributed by atoms with Crippen molar-refractivity contribution in [3.8, 4) is 0 Å². The summed E-state index contributed by atoms with van der Waals surface area (Å²) in [5, 5.41) is 3.96. The Balaban J connectivity index is 1.82. The molecular formula is C16H13Cl2NO. The average Bonchev–Trinajstić information content (AvgIpc) is 2.85.